The zero-order chi connectivity index (χ0) is 17.8. The molecule has 7 heteroatoms. The molecule has 7 nitrogen and oxygen atoms in total. The van der Waals surface area contributed by atoms with Gasteiger partial charge in [0.25, 0.3) is 5.91 Å². The summed E-state index contributed by atoms with van der Waals surface area (Å²) < 4.78 is 5.32. The predicted octanol–water partition coefficient (Wildman–Crippen LogP) is 0.0254. The van der Waals surface area contributed by atoms with Crippen molar-refractivity contribution in [3.63, 3.8) is 0 Å². The van der Waals surface area contributed by atoms with Crippen molar-refractivity contribution >= 4 is 17.5 Å². The average molecular weight is 346 g/mol. The Bertz CT molecular complexity index is 629. The summed E-state index contributed by atoms with van der Waals surface area (Å²) >= 11 is 0. The quantitative estimate of drug-likeness (QED) is 0.836. The molecule has 1 aromatic rings. The van der Waals surface area contributed by atoms with Crippen molar-refractivity contribution < 1.29 is 14.3 Å². The second-order valence-corrected chi connectivity index (χ2v) is 6.60. The Morgan fingerprint density at radius 1 is 1.20 bits per heavy atom. The van der Waals surface area contributed by atoms with E-state index in [4.69, 9.17) is 4.74 Å². The highest BCUT2D eigenvalue weighted by molar-refractivity contribution is 5.98. The minimum absolute atomic E-state index is 0.00705. The monoisotopic (exact) mass is 346 g/mol. The molecule has 2 amide bonds. The van der Waals surface area contributed by atoms with E-state index >= 15 is 0 Å². The Morgan fingerprint density at radius 3 is 2.68 bits per heavy atom. The molecule has 25 heavy (non-hydrogen) atoms. The lowest BCUT2D eigenvalue weighted by molar-refractivity contribution is -0.140. The number of ether oxygens (including phenoxy) is 1. The molecule has 0 unspecified atom stereocenters. The van der Waals surface area contributed by atoms with Crippen LogP contribution in [0.5, 0.6) is 0 Å². The van der Waals surface area contributed by atoms with Crippen molar-refractivity contribution in [3.8, 4) is 0 Å². The van der Waals surface area contributed by atoms with Gasteiger partial charge in [0.15, 0.2) is 0 Å². The molecule has 0 aliphatic carbocycles. The van der Waals surface area contributed by atoms with Crippen molar-refractivity contribution in [2.45, 2.75) is 6.04 Å². The van der Waals surface area contributed by atoms with Crippen LogP contribution in [0.1, 0.15) is 10.4 Å². The van der Waals surface area contributed by atoms with Crippen LogP contribution >= 0.6 is 0 Å². The van der Waals surface area contributed by atoms with Gasteiger partial charge in [0.1, 0.15) is 6.04 Å². The normalized spacial score (nSPS) is 21.1. The first kappa shape index (κ1) is 17.7. The molecular weight excluding hydrogens is 320 g/mol. The van der Waals surface area contributed by atoms with E-state index in [1.165, 1.54) is 0 Å². The summed E-state index contributed by atoms with van der Waals surface area (Å²) in [5, 5.41) is 3.24. The van der Waals surface area contributed by atoms with E-state index in [1.807, 2.05) is 43.3 Å². The smallest absolute Gasteiger partial charge is 0.254 e. The molecule has 1 atom stereocenters. The fourth-order valence-corrected chi connectivity index (χ4v) is 3.25. The van der Waals surface area contributed by atoms with Crippen molar-refractivity contribution in [1.82, 2.24) is 15.1 Å². The van der Waals surface area contributed by atoms with Crippen LogP contribution < -0.4 is 10.2 Å². The number of nitrogens with zero attached hydrogens (tertiary/aromatic N) is 3. The number of carbonyl (C=O) groups excluding carboxylic acids is 2. The maximum atomic E-state index is 13.1. The van der Waals surface area contributed by atoms with Crippen LogP contribution in [0.2, 0.25) is 0 Å². The van der Waals surface area contributed by atoms with Crippen LogP contribution in [-0.2, 0) is 9.53 Å². The molecule has 2 aliphatic heterocycles. The van der Waals surface area contributed by atoms with Crippen molar-refractivity contribution in [3.05, 3.63) is 29.8 Å². The Kier molecular flexibility index (Phi) is 5.55. The first-order valence-corrected chi connectivity index (χ1v) is 8.73. The van der Waals surface area contributed by atoms with Gasteiger partial charge >= 0.3 is 0 Å². The van der Waals surface area contributed by atoms with Crippen molar-refractivity contribution in [2.75, 3.05) is 64.9 Å². The van der Waals surface area contributed by atoms with E-state index in [-0.39, 0.29) is 11.8 Å². The maximum absolute atomic E-state index is 13.1. The first-order valence-electron chi connectivity index (χ1n) is 8.73. The Morgan fingerprint density at radius 2 is 1.96 bits per heavy atom. The fraction of sp³-hybridized carbons (Fsp3) is 0.556. The van der Waals surface area contributed by atoms with E-state index < -0.39 is 6.04 Å². The minimum Gasteiger partial charge on any atom is -0.378 e. The van der Waals surface area contributed by atoms with Crippen molar-refractivity contribution in [1.29, 1.82) is 0 Å². The Balaban J connectivity index is 1.79. The van der Waals surface area contributed by atoms with E-state index in [1.54, 1.807) is 9.80 Å². The van der Waals surface area contributed by atoms with Crippen LogP contribution in [0.3, 0.4) is 0 Å². The van der Waals surface area contributed by atoms with Gasteiger partial charge in [0.2, 0.25) is 5.91 Å². The molecule has 2 heterocycles. The summed E-state index contributed by atoms with van der Waals surface area (Å²) in [7, 11) is 3.89. The van der Waals surface area contributed by atoms with Gasteiger partial charge < -0.3 is 24.8 Å². The van der Waals surface area contributed by atoms with Gasteiger partial charge in [-0.25, -0.2) is 0 Å². The summed E-state index contributed by atoms with van der Waals surface area (Å²) in [6, 6.07) is 7.07. The molecule has 0 saturated carbocycles. The number of hydrogen-bond donors (Lipinski definition) is 1. The molecule has 0 aromatic heterocycles. The molecule has 0 radical (unpaired) electrons. The van der Waals surface area contributed by atoms with Crippen LogP contribution in [0.25, 0.3) is 0 Å². The van der Waals surface area contributed by atoms with Gasteiger partial charge in [-0.3, -0.25) is 9.59 Å². The fourth-order valence-electron chi connectivity index (χ4n) is 3.25. The number of hydrogen-bond acceptors (Lipinski definition) is 5. The second kappa shape index (κ2) is 7.84. The zero-order valence-electron chi connectivity index (χ0n) is 14.9. The number of carbonyl (C=O) groups is 2. The van der Waals surface area contributed by atoms with E-state index in [9.17, 15) is 9.59 Å². The average Bonchev–Trinajstić information content (AvgIpc) is 2.67. The molecule has 136 valence electrons. The summed E-state index contributed by atoms with van der Waals surface area (Å²) in [5.74, 6) is -0.0792. The lowest BCUT2D eigenvalue weighted by atomic mass is 10.1. The number of benzene rings is 1. The SMILES string of the molecule is CN(C)c1cccc(C(=O)N2CCNC[C@H]2C(=O)N2CCOCC2)c1. The van der Waals surface area contributed by atoms with E-state index in [2.05, 4.69) is 5.32 Å². The molecule has 2 saturated heterocycles. The number of nitrogens with one attached hydrogen (secondary N) is 1. The third kappa shape index (κ3) is 3.93. The van der Waals surface area contributed by atoms with Crippen LogP contribution in [-0.4, -0.2) is 87.7 Å². The van der Waals surface area contributed by atoms with Gasteiger partial charge in [-0.05, 0) is 18.2 Å². The molecule has 0 bridgehead atoms. The minimum atomic E-state index is -0.456. The molecule has 0 spiro atoms. The third-order valence-corrected chi connectivity index (χ3v) is 4.72. The highest BCUT2D eigenvalue weighted by atomic mass is 16.5. The molecule has 1 N–H and O–H groups in total. The molecular formula is C18H26N4O3. The lowest BCUT2D eigenvalue weighted by Gasteiger charge is -2.39. The van der Waals surface area contributed by atoms with Gasteiger partial charge in [-0.15, -0.1) is 0 Å². The second-order valence-electron chi connectivity index (χ2n) is 6.60. The lowest BCUT2D eigenvalue weighted by Crippen LogP contribution is -2.61. The molecule has 2 aliphatic rings. The number of morpholine rings is 1. The highest BCUT2D eigenvalue weighted by Gasteiger charge is 2.35. The van der Waals surface area contributed by atoms with Crippen LogP contribution in [0, 0.1) is 0 Å². The number of piperazine rings is 1. The van der Waals surface area contributed by atoms with Gasteiger partial charge in [-0.1, -0.05) is 6.07 Å². The van der Waals surface area contributed by atoms with Crippen molar-refractivity contribution in [2.24, 2.45) is 0 Å². The van der Waals surface area contributed by atoms with Gasteiger partial charge in [0.05, 0.1) is 13.2 Å². The highest BCUT2D eigenvalue weighted by Crippen LogP contribution is 2.18. The topological polar surface area (TPSA) is 65.1 Å². The Labute approximate surface area is 148 Å². The zero-order valence-corrected chi connectivity index (χ0v) is 14.9. The standard InChI is InChI=1S/C18H26N4O3/c1-20(2)15-5-3-4-14(12-15)17(23)22-7-6-19-13-16(22)18(24)21-8-10-25-11-9-21/h3-5,12,16,19H,6-11,13H2,1-2H3/t16-/m0/s1. The number of anilines is 1. The largest absolute Gasteiger partial charge is 0.378 e. The number of amides is 2. The summed E-state index contributed by atoms with van der Waals surface area (Å²) in [4.78, 5) is 31.4. The maximum Gasteiger partial charge on any atom is 0.254 e. The Hall–Kier alpha value is -2.12. The molecule has 1 aromatic carbocycles. The molecule has 2 fully saturated rings. The third-order valence-electron chi connectivity index (χ3n) is 4.72. The molecule has 3 rings (SSSR count). The van der Waals surface area contributed by atoms with Gasteiger partial charge in [0, 0.05) is 58.1 Å². The predicted molar refractivity (Wildman–Crippen MR) is 95.9 cm³/mol. The summed E-state index contributed by atoms with van der Waals surface area (Å²) in [6.45, 7) is 4.03. The number of rotatable bonds is 3. The summed E-state index contributed by atoms with van der Waals surface area (Å²) in [6.07, 6.45) is 0. The van der Waals surface area contributed by atoms with Crippen LogP contribution in [0.15, 0.2) is 24.3 Å². The van der Waals surface area contributed by atoms with Crippen LogP contribution in [0.4, 0.5) is 5.69 Å². The van der Waals surface area contributed by atoms with E-state index in [0.29, 0.717) is 51.5 Å². The first-order chi connectivity index (χ1) is 12.1. The van der Waals surface area contributed by atoms with E-state index in [0.717, 1.165) is 5.69 Å². The van der Waals surface area contributed by atoms with Gasteiger partial charge in [-0.2, -0.15) is 0 Å². The summed E-state index contributed by atoms with van der Waals surface area (Å²) in [5.41, 5.74) is 1.59.